The minimum atomic E-state index is -1.10. The number of carbonyl (C=O) groups is 1. The third kappa shape index (κ3) is 1.72. The van der Waals surface area contributed by atoms with Crippen LogP contribution in [-0.2, 0) is 10.0 Å². The highest BCUT2D eigenvalue weighted by Crippen LogP contribution is 2.58. The first kappa shape index (κ1) is 15.6. The van der Waals surface area contributed by atoms with Crippen LogP contribution in [0.3, 0.4) is 0 Å². The Morgan fingerprint density at radius 2 is 1.12 bits per heavy atom. The van der Waals surface area contributed by atoms with E-state index in [2.05, 4.69) is 63.7 Å². The van der Waals surface area contributed by atoms with Crippen molar-refractivity contribution in [1.29, 1.82) is 0 Å². The Hall–Kier alpha value is 1.51. The molecule has 1 aliphatic rings. The second kappa shape index (κ2) is 4.00. The van der Waals surface area contributed by atoms with Crippen molar-refractivity contribution in [1.82, 2.24) is 5.06 Å². The van der Waals surface area contributed by atoms with Crippen molar-refractivity contribution in [2.45, 2.75) is 45.2 Å². The normalized spacial score (nSPS) is 31.4. The lowest BCUT2D eigenvalue weighted by molar-refractivity contribution is -0.279. The van der Waals surface area contributed by atoms with E-state index in [1.165, 1.54) is 0 Å². The van der Waals surface area contributed by atoms with E-state index in [-0.39, 0.29) is 5.78 Å². The molecule has 0 aromatic rings. The third-order valence-electron chi connectivity index (χ3n) is 3.12. The first-order valence-corrected chi connectivity index (χ1v) is 7.76. The molecule has 16 heavy (non-hydrogen) atoms. The number of halogens is 4. The summed E-state index contributed by atoms with van der Waals surface area (Å²) in [6.45, 7) is 6.88. The average Bonchev–Trinajstić information content (AvgIpc) is 2.13. The van der Waals surface area contributed by atoms with Gasteiger partial charge in [-0.2, -0.15) is 0 Å². The Kier molecular flexibility index (Phi) is 3.89. The standard InChI is InChI=1S/C9H12Br4NO2/c1-6(2)8(10,11)5(15)9(12,13)7(3,4)14(6)16/h1-4H3. The molecule has 1 aliphatic heterocycles. The second-order valence-electron chi connectivity index (χ2n) is 4.89. The van der Waals surface area contributed by atoms with E-state index in [4.69, 9.17) is 0 Å². The van der Waals surface area contributed by atoms with Crippen LogP contribution in [0.2, 0.25) is 0 Å². The molecule has 1 fully saturated rings. The molecule has 1 heterocycles. The molecule has 7 heteroatoms. The molecule has 0 aromatic carbocycles. The molecule has 0 saturated carbocycles. The highest BCUT2D eigenvalue weighted by Gasteiger charge is 2.69. The van der Waals surface area contributed by atoms with E-state index >= 15 is 0 Å². The molecule has 0 amide bonds. The zero-order chi connectivity index (χ0) is 13.2. The summed E-state index contributed by atoms with van der Waals surface area (Å²) >= 11 is 13.2. The van der Waals surface area contributed by atoms with Crippen LogP contribution in [0.25, 0.3) is 0 Å². The molecule has 1 saturated heterocycles. The maximum atomic E-state index is 12.4. The monoisotopic (exact) mass is 482 g/mol. The van der Waals surface area contributed by atoms with Crippen LogP contribution >= 0.6 is 63.7 Å². The van der Waals surface area contributed by atoms with Gasteiger partial charge in [0.15, 0.2) is 12.3 Å². The minimum absolute atomic E-state index is 0.165. The first-order chi connectivity index (χ1) is 6.81. The lowest BCUT2D eigenvalue weighted by atomic mass is 9.80. The van der Waals surface area contributed by atoms with Crippen LogP contribution in [0.15, 0.2) is 0 Å². The highest BCUT2D eigenvalue weighted by molar-refractivity contribution is 9.27. The van der Waals surface area contributed by atoms with Crippen LogP contribution in [0.1, 0.15) is 27.7 Å². The Morgan fingerprint density at radius 3 is 1.38 bits per heavy atom. The summed E-state index contributed by atoms with van der Waals surface area (Å²) in [6.07, 6.45) is 0. The van der Waals surface area contributed by atoms with Crippen molar-refractivity contribution >= 4 is 69.5 Å². The third-order valence-corrected chi connectivity index (χ3v) is 8.44. The molecule has 93 valence electrons. The van der Waals surface area contributed by atoms with Crippen LogP contribution in [0, 0.1) is 0 Å². The molecule has 1 radical (unpaired) electrons. The number of Topliss-reactive ketones (excluding diaryl/α,β-unsaturated/α-hetero) is 1. The Morgan fingerprint density at radius 1 is 0.875 bits per heavy atom. The highest BCUT2D eigenvalue weighted by atomic mass is 79.9. The van der Waals surface area contributed by atoms with Gasteiger partial charge >= 0.3 is 0 Å². The number of piperidine rings is 1. The van der Waals surface area contributed by atoms with E-state index in [0.717, 1.165) is 5.06 Å². The Labute approximate surface area is 129 Å². The molecular formula is C9H12Br4NO2. The van der Waals surface area contributed by atoms with Gasteiger partial charge in [0.05, 0.1) is 11.1 Å². The summed E-state index contributed by atoms with van der Waals surface area (Å²) < 4.78 is -2.20. The zero-order valence-electron chi connectivity index (χ0n) is 9.28. The number of hydrogen-bond acceptors (Lipinski definition) is 2. The predicted molar refractivity (Wildman–Crippen MR) is 76.9 cm³/mol. The van der Waals surface area contributed by atoms with Gasteiger partial charge in [-0.15, -0.1) is 10.3 Å². The summed E-state index contributed by atoms with van der Waals surface area (Å²) in [6, 6.07) is 0. The number of nitrogens with zero attached hydrogens (tertiary/aromatic N) is 1. The first-order valence-electron chi connectivity index (χ1n) is 4.59. The molecule has 0 aromatic heterocycles. The van der Waals surface area contributed by atoms with Crippen molar-refractivity contribution in [3.8, 4) is 0 Å². The fourth-order valence-corrected chi connectivity index (χ4v) is 4.60. The molecule has 0 spiro atoms. The summed E-state index contributed by atoms with van der Waals surface area (Å²) in [5.74, 6) is -0.165. The zero-order valence-corrected chi connectivity index (χ0v) is 15.6. The van der Waals surface area contributed by atoms with Gasteiger partial charge in [-0.05, 0) is 27.7 Å². The van der Waals surface area contributed by atoms with Gasteiger partial charge in [-0.3, -0.25) is 4.79 Å². The molecule has 0 aliphatic carbocycles. The number of ketones is 1. The quantitative estimate of drug-likeness (QED) is 0.490. The molecule has 0 atom stereocenters. The van der Waals surface area contributed by atoms with Crippen molar-refractivity contribution < 1.29 is 10.0 Å². The van der Waals surface area contributed by atoms with Gasteiger partial charge < -0.3 is 0 Å². The molecule has 1 rings (SSSR count). The number of hydroxylamine groups is 2. The fraction of sp³-hybridized carbons (Fsp3) is 0.889. The topological polar surface area (TPSA) is 40.2 Å². The number of hydrogen-bond donors (Lipinski definition) is 0. The predicted octanol–water partition coefficient (Wildman–Crippen LogP) is 3.75. The van der Waals surface area contributed by atoms with Crippen LogP contribution in [0.4, 0.5) is 0 Å². The maximum absolute atomic E-state index is 12.4. The minimum Gasteiger partial charge on any atom is -0.294 e. The average molecular weight is 486 g/mol. The molecular weight excluding hydrogens is 474 g/mol. The largest absolute Gasteiger partial charge is 0.294 e. The van der Waals surface area contributed by atoms with E-state index in [1.54, 1.807) is 27.7 Å². The van der Waals surface area contributed by atoms with Crippen molar-refractivity contribution in [3.63, 3.8) is 0 Å². The Bertz CT molecular complexity index is 308. The summed E-state index contributed by atoms with van der Waals surface area (Å²) in [4.78, 5) is 12.4. The van der Waals surface area contributed by atoms with Crippen LogP contribution in [-0.4, -0.2) is 28.4 Å². The summed E-state index contributed by atoms with van der Waals surface area (Å²) in [5.41, 5.74) is -1.81. The smallest absolute Gasteiger partial charge is 0.191 e. The Balaban J connectivity index is 3.45. The van der Waals surface area contributed by atoms with E-state index in [0.29, 0.717) is 0 Å². The van der Waals surface area contributed by atoms with Gasteiger partial charge in [0.2, 0.25) is 0 Å². The molecule has 0 bridgehead atoms. The summed E-state index contributed by atoms with van der Waals surface area (Å²) in [7, 11) is 0. The van der Waals surface area contributed by atoms with Gasteiger partial charge in [-0.25, -0.2) is 0 Å². The number of alkyl halides is 4. The van der Waals surface area contributed by atoms with Gasteiger partial charge in [0, 0.05) is 0 Å². The van der Waals surface area contributed by atoms with Crippen LogP contribution < -0.4 is 0 Å². The van der Waals surface area contributed by atoms with Crippen molar-refractivity contribution in [2.75, 3.05) is 0 Å². The van der Waals surface area contributed by atoms with Crippen molar-refractivity contribution in [2.24, 2.45) is 0 Å². The molecule has 0 unspecified atom stereocenters. The SMILES string of the molecule is CC1(C)N([O])C(C)(C)C(Br)(Br)C(=O)C1(Br)Br. The van der Waals surface area contributed by atoms with Gasteiger partial charge in [0.25, 0.3) is 0 Å². The molecule has 0 N–H and O–H groups in total. The van der Waals surface area contributed by atoms with E-state index in [1.807, 2.05) is 0 Å². The van der Waals surface area contributed by atoms with E-state index < -0.39 is 17.5 Å². The summed E-state index contributed by atoms with van der Waals surface area (Å²) in [5, 5.41) is 13.3. The fourth-order valence-electron chi connectivity index (χ4n) is 1.71. The second-order valence-corrected chi connectivity index (χ2v) is 11.8. The van der Waals surface area contributed by atoms with Gasteiger partial charge in [-0.1, -0.05) is 63.7 Å². The maximum Gasteiger partial charge on any atom is 0.191 e. The van der Waals surface area contributed by atoms with E-state index in [9.17, 15) is 10.0 Å². The van der Waals surface area contributed by atoms with Crippen LogP contribution in [0.5, 0.6) is 0 Å². The number of rotatable bonds is 0. The molecule has 3 nitrogen and oxygen atoms in total. The number of carbonyl (C=O) groups excluding carboxylic acids is 1. The van der Waals surface area contributed by atoms with Crippen molar-refractivity contribution in [3.05, 3.63) is 0 Å². The lowest BCUT2D eigenvalue weighted by Gasteiger charge is -2.57. The van der Waals surface area contributed by atoms with Gasteiger partial charge in [0.1, 0.15) is 0 Å². The lowest BCUT2D eigenvalue weighted by Crippen LogP contribution is -2.76.